The van der Waals surface area contributed by atoms with Crippen LogP contribution in [0.1, 0.15) is 32.2 Å². The molecule has 1 aromatic carbocycles. The van der Waals surface area contributed by atoms with Gasteiger partial charge in [-0.05, 0) is 49.1 Å². The van der Waals surface area contributed by atoms with Crippen LogP contribution in [0.25, 0.3) is 10.9 Å². The van der Waals surface area contributed by atoms with Gasteiger partial charge in [0, 0.05) is 25.5 Å². The van der Waals surface area contributed by atoms with Gasteiger partial charge in [-0.3, -0.25) is 9.48 Å². The van der Waals surface area contributed by atoms with E-state index in [2.05, 4.69) is 21.5 Å². The number of hydrogen-bond acceptors (Lipinski definition) is 6. The third kappa shape index (κ3) is 3.94. The minimum atomic E-state index is -3.54. The number of nitriles is 1. The van der Waals surface area contributed by atoms with Crippen LogP contribution < -0.4 is 10.9 Å². The number of nitrogens with one attached hydrogen (secondary N) is 2. The van der Waals surface area contributed by atoms with E-state index in [1.54, 1.807) is 36.0 Å². The van der Waals surface area contributed by atoms with Crippen LogP contribution in [-0.2, 0) is 10.0 Å². The number of anilines is 2. The fraction of sp³-hybridized carbons (Fsp3) is 0.381. The van der Waals surface area contributed by atoms with E-state index >= 15 is 0 Å². The van der Waals surface area contributed by atoms with Gasteiger partial charge in [0.15, 0.2) is 5.82 Å². The Labute approximate surface area is 180 Å². The second-order valence-corrected chi connectivity index (χ2v) is 9.74. The summed E-state index contributed by atoms with van der Waals surface area (Å²) in [5.41, 5.74) is 1.000. The van der Waals surface area contributed by atoms with Gasteiger partial charge in [-0.25, -0.2) is 12.7 Å². The van der Waals surface area contributed by atoms with E-state index in [1.165, 1.54) is 23.5 Å². The van der Waals surface area contributed by atoms with Crippen molar-refractivity contribution in [3.8, 4) is 6.07 Å². The summed E-state index contributed by atoms with van der Waals surface area (Å²) in [6.07, 6.45) is 3.99. The number of aromatic nitrogens is 3. The summed E-state index contributed by atoms with van der Waals surface area (Å²) in [7, 11) is -2.00. The Hall–Kier alpha value is -3.16. The molecule has 0 spiro atoms. The summed E-state index contributed by atoms with van der Waals surface area (Å²) in [4.78, 5) is 15.4. The lowest BCUT2D eigenvalue weighted by molar-refractivity contribution is 0.426. The molecule has 162 valence electrons. The minimum Gasteiger partial charge on any atom is -0.338 e. The SMILES string of the molecule is CCN(C)S(=O)(=O)c1ccc(Nc2nn([C@@H](CC#N)C3CC3)c3cc[nH]c(=O)c23)cc1. The number of benzene rings is 1. The van der Waals surface area contributed by atoms with Crippen molar-refractivity contribution in [1.29, 1.82) is 5.26 Å². The molecular weight excluding hydrogens is 416 g/mol. The predicted octanol–water partition coefficient (Wildman–Crippen LogP) is 2.97. The van der Waals surface area contributed by atoms with Crippen LogP contribution in [0.15, 0.2) is 46.2 Å². The predicted molar refractivity (Wildman–Crippen MR) is 118 cm³/mol. The monoisotopic (exact) mass is 440 g/mol. The second-order valence-electron chi connectivity index (χ2n) is 7.70. The van der Waals surface area contributed by atoms with E-state index in [-0.39, 0.29) is 16.5 Å². The molecule has 2 N–H and O–H groups in total. The Kier molecular flexibility index (Phi) is 5.56. The number of pyridine rings is 1. The zero-order valence-electron chi connectivity index (χ0n) is 17.4. The molecule has 0 unspecified atom stereocenters. The van der Waals surface area contributed by atoms with Crippen LogP contribution in [0.4, 0.5) is 11.5 Å². The van der Waals surface area contributed by atoms with Gasteiger partial charge in [0.25, 0.3) is 5.56 Å². The highest BCUT2D eigenvalue weighted by atomic mass is 32.2. The zero-order valence-corrected chi connectivity index (χ0v) is 18.2. The van der Waals surface area contributed by atoms with E-state index in [9.17, 15) is 18.5 Å². The normalized spacial score (nSPS) is 15.2. The summed E-state index contributed by atoms with van der Waals surface area (Å²) in [6, 6.07) is 10.3. The van der Waals surface area contributed by atoms with Crippen molar-refractivity contribution in [3.05, 3.63) is 46.9 Å². The van der Waals surface area contributed by atoms with Gasteiger partial charge in [-0.2, -0.15) is 10.4 Å². The van der Waals surface area contributed by atoms with Crippen molar-refractivity contribution in [2.45, 2.75) is 37.1 Å². The molecule has 2 heterocycles. The Morgan fingerprint density at radius 3 is 2.65 bits per heavy atom. The standard InChI is InChI=1S/C21H24N6O3S/c1-3-26(2)31(29,30)16-8-6-15(7-9-16)24-20-19-18(11-13-23-21(19)28)27(25-20)17(10-12-22)14-4-5-14/h6-9,11,13-14,17H,3-5,10H2,1-2H3,(H,23,28)(H,24,25)/t17-/m0/s1. The van der Waals surface area contributed by atoms with Crippen LogP contribution in [0, 0.1) is 17.2 Å². The molecule has 1 atom stereocenters. The molecule has 9 nitrogen and oxygen atoms in total. The second kappa shape index (κ2) is 8.17. The number of fused-ring (bicyclic) bond motifs is 1. The first-order valence-corrected chi connectivity index (χ1v) is 11.6. The van der Waals surface area contributed by atoms with Crippen molar-refractivity contribution >= 4 is 32.4 Å². The largest absolute Gasteiger partial charge is 0.338 e. The first kappa shape index (κ1) is 21.1. The third-order valence-corrected chi connectivity index (χ3v) is 7.63. The molecule has 0 amide bonds. The average molecular weight is 441 g/mol. The van der Waals surface area contributed by atoms with Gasteiger partial charge in [-0.15, -0.1) is 0 Å². The number of aromatic amines is 1. The Balaban J connectivity index is 1.71. The lowest BCUT2D eigenvalue weighted by Crippen LogP contribution is -2.26. The van der Waals surface area contributed by atoms with Crippen molar-refractivity contribution in [3.63, 3.8) is 0 Å². The smallest absolute Gasteiger partial charge is 0.261 e. The van der Waals surface area contributed by atoms with E-state index in [0.717, 1.165) is 12.8 Å². The number of hydrogen-bond donors (Lipinski definition) is 2. The van der Waals surface area contributed by atoms with Gasteiger partial charge in [0.05, 0.1) is 28.9 Å². The first-order valence-electron chi connectivity index (χ1n) is 10.2. The van der Waals surface area contributed by atoms with Crippen LogP contribution in [0.3, 0.4) is 0 Å². The molecular formula is C21H24N6O3S. The Bertz CT molecular complexity index is 1300. The number of sulfonamides is 1. The lowest BCUT2D eigenvalue weighted by Gasteiger charge is -2.15. The fourth-order valence-corrected chi connectivity index (χ4v) is 4.84. The average Bonchev–Trinajstić information content (AvgIpc) is 3.54. The highest BCUT2D eigenvalue weighted by Gasteiger charge is 2.34. The first-order chi connectivity index (χ1) is 14.9. The third-order valence-electron chi connectivity index (χ3n) is 5.68. The lowest BCUT2D eigenvalue weighted by atomic mass is 10.1. The molecule has 0 saturated heterocycles. The van der Waals surface area contributed by atoms with Gasteiger partial charge in [-0.1, -0.05) is 6.92 Å². The van der Waals surface area contributed by atoms with Gasteiger partial charge in [0.1, 0.15) is 5.39 Å². The molecule has 10 heteroatoms. The number of rotatable bonds is 8. The molecule has 0 aliphatic heterocycles. The summed E-state index contributed by atoms with van der Waals surface area (Å²) < 4.78 is 28.0. The van der Waals surface area contributed by atoms with Crippen LogP contribution in [0.2, 0.25) is 0 Å². The summed E-state index contributed by atoms with van der Waals surface area (Å²) in [6.45, 7) is 2.15. The van der Waals surface area contributed by atoms with E-state index in [4.69, 9.17) is 0 Å². The highest BCUT2D eigenvalue weighted by Crippen LogP contribution is 2.42. The fourth-order valence-electron chi connectivity index (χ4n) is 3.66. The molecule has 2 aromatic heterocycles. The Morgan fingerprint density at radius 1 is 1.32 bits per heavy atom. The zero-order chi connectivity index (χ0) is 22.2. The summed E-state index contributed by atoms with van der Waals surface area (Å²) in [5, 5.41) is 17.5. The van der Waals surface area contributed by atoms with Crippen molar-refractivity contribution < 1.29 is 8.42 Å². The minimum absolute atomic E-state index is 0.0815. The molecule has 31 heavy (non-hydrogen) atoms. The topological polar surface area (TPSA) is 124 Å². The molecule has 4 rings (SSSR count). The molecule has 1 fully saturated rings. The molecule has 1 aliphatic rings. The van der Waals surface area contributed by atoms with Crippen LogP contribution in [-0.4, -0.2) is 41.1 Å². The van der Waals surface area contributed by atoms with Crippen molar-refractivity contribution in [1.82, 2.24) is 19.1 Å². The van der Waals surface area contributed by atoms with Gasteiger partial charge < -0.3 is 10.3 Å². The maximum absolute atomic E-state index is 12.6. The summed E-state index contributed by atoms with van der Waals surface area (Å²) >= 11 is 0. The number of nitrogens with zero attached hydrogens (tertiary/aromatic N) is 4. The van der Waals surface area contributed by atoms with Gasteiger partial charge >= 0.3 is 0 Å². The van der Waals surface area contributed by atoms with E-state index in [1.807, 2.05) is 0 Å². The van der Waals surface area contributed by atoms with Crippen molar-refractivity contribution in [2.24, 2.45) is 5.92 Å². The quantitative estimate of drug-likeness (QED) is 0.555. The van der Waals surface area contributed by atoms with Gasteiger partial charge in [0.2, 0.25) is 10.0 Å². The van der Waals surface area contributed by atoms with E-state index in [0.29, 0.717) is 41.3 Å². The van der Waals surface area contributed by atoms with Crippen LogP contribution >= 0.6 is 0 Å². The molecule has 3 aromatic rings. The number of H-pyrrole nitrogens is 1. The maximum Gasteiger partial charge on any atom is 0.261 e. The molecule has 0 radical (unpaired) electrons. The molecule has 1 aliphatic carbocycles. The van der Waals surface area contributed by atoms with Crippen LogP contribution in [0.5, 0.6) is 0 Å². The summed E-state index contributed by atoms with van der Waals surface area (Å²) in [5.74, 6) is 0.761. The molecule has 1 saturated carbocycles. The maximum atomic E-state index is 12.6. The van der Waals surface area contributed by atoms with Crippen molar-refractivity contribution in [2.75, 3.05) is 18.9 Å². The van der Waals surface area contributed by atoms with E-state index < -0.39 is 10.0 Å². The Morgan fingerprint density at radius 2 is 2.03 bits per heavy atom. The molecule has 0 bridgehead atoms. The highest BCUT2D eigenvalue weighted by molar-refractivity contribution is 7.89.